The topological polar surface area (TPSA) is 29.3 Å². The number of aryl methyl sites for hydroxylation is 1. The Balaban J connectivity index is 2.09. The van der Waals surface area contributed by atoms with Crippen molar-refractivity contribution in [2.24, 2.45) is 5.73 Å². The fourth-order valence-electron chi connectivity index (χ4n) is 2.90. The summed E-state index contributed by atoms with van der Waals surface area (Å²) in [7, 11) is 0. The second kappa shape index (κ2) is 5.06. The fraction of sp³-hybridized carbons (Fsp3) is 0.294. The Labute approximate surface area is 114 Å². The summed E-state index contributed by atoms with van der Waals surface area (Å²) in [4.78, 5) is 2.41. The summed E-state index contributed by atoms with van der Waals surface area (Å²) in [6.07, 6.45) is 2.37. The van der Waals surface area contributed by atoms with E-state index in [1.807, 2.05) is 0 Å². The number of hydrogen-bond donors (Lipinski definition) is 1. The molecular weight excluding hydrogens is 232 g/mol. The van der Waals surface area contributed by atoms with E-state index in [1.54, 1.807) is 0 Å². The standard InChI is InChI=1S/C17H20N2/c1-13(18)15-9-3-5-11-17(15)19-12-6-8-14-7-2-4-10-16(14)19/h2-5,7,9-11,13H,6,8,12,18H2,1H3/t13-/m1/s1. The number of rotatable bonds is 2. The molecule has 0 spiro atoms. The smallest absolute Gasteiger partial charge is 0.0459 e. The molecule has 1 aliphatic heterocycles. The van der Waals surface area contributed by atoms with Crippen LogP contribution in [0.3, 0.4) is 0 Å². The van der Waals surface area contributed by atoms with Crippen LogP contribution in [0.1, 0.15) is 30.5 Å². The molecule has 0 aromatic heterocycles. The lowest BCUT2D eigenvalue weighted by molar-refractivity contribution is 0.751. The minimum Gasteiger partial charge on any atom is -0.341 e. The predicted molar refractivity (Wildman–Crippen MR) is 80.8 cm³/mol. The normalized spacial score (nSPS) is 16.0. The number of benzene rings is 2. The van der Waals surface area contributed by atoms with Crippen LogP contribution in [-0.2, 0) is 6.42 Å². The molecule has 0 bridgehead atoms. The molecule has 2 N–H and O–H groups in total. The number of nitrogens with zero attached hydrogens (tertiary/aromatic N) is 1. The van der Waals surface area contributed by atoms with Gasteiger partial charge in [-0.15, -0.1) is 0 Å². The Morgan fingerprint density at radius 2 is 1.68 bits per heavy atom. The SMILES string of the molecule is C[C@@H](N)c1ccccc1N1CCCc2ccccc21. The van der Waals surface area contributed by atoms with Crippen molar-refractivity contribution in [2.45, 2.75) is 25.8 Å². The van der Waals surface area contributed by atoms with Gasteiger partial charge in [0.2, 0.25) is 0 Å². The summed E-state index contributed by atoms with van der Waals surface area (Å²) in [5.74, 6) is 0. The first-order valence-electron chi connectivity index (χ1n) is 6.97. The van der Waals surface area contributed by atoms with E-state index in [9.17, 15) is 0 Å². The third-order valence-corrected chi connectivity index (χ3v) is 3.83. The lowest BCUT2D eigenvalue weighted by Crippen LogP contribution is -2.26. The molecule has 0 unspecified atom stereocenters. The van der Waals surface area contributed by atoms with Crippen molar-refractivity contribution in [2.75, 3.05) is 11.4 Å². The number of hydrogen-bond acceptors (Lipinski definition) is 2. The molecule has 1 atom stereocenters. The summed E-state index contributed by atoms with van der Waals surface area (Å²) in [6, 6.07) is 17.2. The highest BCUT2D eigenvalue weighted by Crippen LogP contribution is 2.36. The molecule has 2 nitrogen and oxygen atoms in total. The van der Waals surface area contributed by atoms with Crippen molar-refractivity contribution in [3.05, 3.63) is 59.7 Å². The van der Waals surface area contributed by atoms with E-state index in [0.717, 1.165) is 6.54 Å². The number of nitrogens with two attached hydrogens (primary N) is 1. The molecule has 0 radical (unpaired) electrons. The lowest BCUT2D eigenvalue weighted by Gasteiger charge is -2.33. The van der Waals surface area contributed by atoms with Crippen LogP contribution < -0.4 is 10.6 Å². The maximum Gasteiger partial charge on any atom is 0.0459 e. The summed E-state index contributed by atoms with van der Waals surface area (Å²) in [5.41, 5.74) is 11.4. The maximum absolute atomic E-state index is 6.11. The van der Waals surface area contributed by atoms with E-state index < -0.39 is 0 Å². The molecule has 0 fully saturated rings. The molecule has 98 valence electrons. The summed E-state index contributed by atoms with van der Waals surface area (Å²) >= 11 is 0. The maximum atomic E-state index is 6.11. The molecule has 0 amide bonds. The Morgan fingerprint density at radius 3 is 2.47 bits per heavy atom. The molecule has 1 aliphatic rings. The van der Waals surface area contributed by atoms with Crippen LogP contribution in [0.2, 0.25) is 0 Å². The van der Waals surface area contributed by atoms with Gasteiger partial charge in [0.05, 0.1) is 0 Å². The Morgan fingerprint density at radius 1 is 1.00 bits per heavy atom. The zero-order valence-electron chi connectivity index (χ0n) is 11.3. The monoisotopic (exact) mass is 252 g/mol. The van der Waals surface area contributed by atoms with Gasteiger partial charge in [0.1, 0.15) is 0 Å². The quantitative estimate of drug-likeness (QED) is 0.881. The van der Waals surface area contributed by atoms with Gasteiger partial charge >= 0.3 is 0 Å². The fourth-order valence-corrected chi connectivity index (χ4v) is 2.90. The number of para-hydroxylation sites is 2. The van der Waals surface area contributed by atoms with E-state index in [0.29, 0.717) is 0 Å². The van der Waals surface area contributed by atoms with E-state index >= 15 is 0 Å². The third kappa shape index (κ3) is 2.24. The first kappa shape index (κ1) is 12.2. The highest BCUT2D eigenvalue weighted by Gasteiger charge is 2.20. The molecule has 0 aliphatic carbocycles. The third-order valence-electron chi connectivity index (χ3n) is 3.83. The minimum absolute atomic E-state index is 0.0605. The zero-order chi connectivity index (χ0) is 13.2. The van der Waals surface area contributed by atoms with E-state index in [1.165, 1.54) is 35.3 Å². The molecule has 2 aromatic carbocycles. The van der Waals surface area contributed by atoms with E-state index in [2.05, 4.69) is 60.4 Å². The van der Waals surface area contributed by atoms with Gasteiger partial charge in [-0.1, -0.05) is 36.4 Å². The molecule has 2 aromatic rings. The summed E-state index contributed by atoms with van der Waals surface area (Å²) in [6.45, 7) is 3.12. The largest absolute Gasteiger partial charge is 0.341 e. The molecule has 1 heterocycles. The van der Waals surface area contributed by atoms with Crippen LogP contribution in [0.25, 0.3) is 0 Å². The van der Waals surface area contributed by atoms with Gasteiger partial charge in [-0.3, -0.25) is 0 Å². The second-order valence-electron chi connectivity index (χ2n) is 5.23. The Kier molecular flexibility index (Phi) is 3.26. The highest BCUT2D eigenvalue weighted by atomic mass is 15.1. The van der Waals surface area contributed by atoms with Crippen molar-refractivity contribution in [1.29, 1.82) is 0 Å². The first-order valence-corrected chi connectivity index (χ1v) is 6.97. The predicted octanol–water partition coefficient (Wildman–Crippen LogP) is 3.79. The average molecular weight is 252 g/mol. The lowest BCUT2D eigenvalue weighted by atomic mass is 9.98. The van der Waals surface area contributed by atoms with Crippen LogP contribution in [0.4, 0.5) is 11.4 Å². The van der Waals surface area contributed by atoms with Gasteiger partial charge in [0.25, 0.3) is 0 Å². The Hall–Kier alpha value is -1.80. The molecule has 2 heteroatoms. The molecule has 19 heavy (non-hydrogen) atoms. The van der Waals surface area contributed by atoms with E-state index in [4.69, 9.17) is 5.73 Å². The molecule has 3 rings (SSSR count). The van der Waals surface area contributed by atoms with E-state index in [-0.39, 0.29) is 6.04 Å². The van der Waals surface area contributed by atoms with Gasteiger partial charge in [-0.2, -0.15) is 0 Å². The first-order chi connectivity index (χ1) is 9.27. The second-order valence-corrected chi connectivity index (χ2v) is 5.23. The minimum atomic E-state index is 0.0605. The van der Waals surface area contributed by atoms with Crippen LogP contribution in [0, 0.1) is 0 Å². The van der Waals surface area contributed by atoms with Crippen molar-refractivity contribution in [3.8, 4) is 0 Å². The van der Waals surface area contributed by atoms with Crippen molar-refractivity contribution >= 4 is 11.4 Å². The van der Waals surface area contributed by atoms with Gasteiger partial charge < -0.3 is 10.6 Å². The summed E-state index contributed by atoms with van der Waals surface area (Å²) < 4.78 is 0. The molecular formula is C17H20N2. The van der Waals surface area contributed by atoms with Gasteiger partial charge in [0.15, 0.2) is 0 Å². The van der Waals surface area contributed by atoms with Gasteiger partial charge in [-0.05, 0) is 43.0 Å². The van der Waals surface area contributed by atoms with Gasteiger partial charge in [0, 0.05) is 24.0 Å². The molecule has 0 saturated heterocycles. The van der Waals surface area contributed by atoms with Crippen molar-refractivity contribution in [3.63, 3.8) is 0 Å². The van der Waals surface area contributed by atoms with Gasteiger partial charge in [-0.25, -0.2) is 0 Å². The van der Waals surface area contributed by atoms with Crippen LogP contribution >= 0.6 is 0 Å². The van der Waals surface area contributed by atoms with Crippen LogP contribution in [0.15, 0.2) is 48.5 Å². The van der Waals surface area contributed by atoms with Crippen molar-refractivity contribution < 1.29 is 0 Å². The average Bonchev–Trinajstić information content (AvgIpc) is 2.46. The Bertz CT molecular complexity index is 575. The number of anilines is 2. The van der Waals surface area contributed by atoms with Crippen molar-refractivity contribution in [1.82, 2.24) is 0 Å². The summed E-state index contributed by atoms with van der Waals surface area (Å²) in [5, 5.41) is 0. The number of fused-ring (bicyclic) bond motifs is 1. The zero-order valence-corrected chi connectivity index (χ0v) is 11.3. The highest BCUT2D eigenvalue weighted by molar-refractivity contribution is 5.70. The van der Waals surface area contributed by atoms with Crippen LogP contribution in [0.5, 0.6) is 0 Å². The van der Waals surface area contributed by atoms with Crippen LogP contribution in [-0.4, -0.2) is 6.54 Å². The molecule has 0 saturated carbocycles.